The molecule has 0 radical (unpaired) electrons. The van der Waals surface area contributed by atoms with Gasteiger partial charge < -0.3 is 15.2 Å². The number of ether oxygens (including phenoxy) is 1. The number of nitrogens with zero attached hydrogens (tertiary/aromatic N) is 1. The van der Waals surface area contributed by atoms with Crippen LogP contribution in [0.5, 0.6) is 0 Å². The van der Waals surface area contributed by atoms with Gasteiger partial charge in [-0.1, -0.05) is 0 Å². The van der Waals surface area contributed by atoms with E-state index in [0.29, 0.717) is 18.5 Å². The summed E-state index contributed by atoms with van der Waals surface area (Å²) in [6.07, 6.45) is 2.44. The van der Waals surface area contributed by atoms with Crippen LogP contribution in [0, 0.1) is 5.92 Å². The molecule has 16 heavy (non-hydrogen) atoms. The molecule has 0 aromatic rings. The molecular weight excluding hydrogens is 208 g/mol. The number of rotatable bonds is 3. The van der Waals surface area contributed by atoms with Crippen LogP contribution >= 0.6 is 0 Å². The van der Waals surface area contributed by atoms with Crippen molar-refractivity contribution in [3.8, 4) is 0 Å². The van der Waals surface area contributed by atoms with Crippen LogP contribution in [0.3, 0.4) is 0 Å². The van der Waals surface area contributed by atoms with Gasteiger partial charge in [0, 0.05) is 32.3 Å². The predicted molar refractivity (Wildman–Crippen MR) is 59.5 cm³/mol. The molecule has 2 rings (SSSR count). The third-order valence-corrected chi connectivity index (χ3v) is 3.57. The fourth-order valence-electron chi connectivity index (χ4n) is 2.64. The number of likely N-dealkylation sites (tertiary alicyclic amines) is 1. The summed E-state index contributed by atoms with van der Waals surface area (Å²) in [6, 6.07) is 0.656. The number of hydrogen-bond donors (Lipinski definition) is 2. The molecule has 2 saturated heterocycles. The molecule has 0 spiro atoms. The Bertz CT molecular complexity index is 241. The van der Waals surface area contributed by atoms with Crippen LogP contribution in [0.2, 0.25) is 0 Å². The summed E-state index contributed by atoms with van der Waals surface area (Å²) in [6.45, 7) is 4.48. The zero-order chi connectivity index (χ0) is 11.4. The minimum absolute atomic E-state index is 0.485. The molecule has 2 N–H and O–H groups in total. The smallest absolute Gasteiger partial charge is 0.404 e. The third kappa shape index (κ3) is 3.09. The maximum absolute atomic E-state index is 10.4. The summed E-state index contributed by atoms with van der Waals surface area (Å²) in [4.78, 5) is 12.9. The van der Waals surface area contributed by atoms with Gasteiger partial charge in [-0.15, -0.1) is 0 Å². The molecule has 1 amide bonds. The second kappa shape index (κ2) is 5.50. The highest BCUT2D eigenvalue weighted by Crippen LogP contribution is 2.23. The lowest BCUT2D eigenvalue weighted by atomic mass is 10.1. The Labute approximate surface area is 95.8 Å². The number of carbonyl (C=O) groups is 1. The first-order valence-corrected chi connectivity index (χ1v) is 6.04. The highest BCUT2D eigenvalue weighted by Gasteiger charge is 2.29. The monoisotopic (exact) mass is 228 g/mol. The molecule has 2 aliphatic rings. The maximum Gasteiger partial charge on any atom is 0.404 e. The SMILES string of the molecule is O=C(O)NCC1CCN(C2CCOCC2)C1. The number of amides is 1. The minimum atomic E-state index is -0.912. The fraction of sp³-hybridized carbons (Fsp3) is 0.909. The topological polar surface area (TPSA) is 61.8 Å². The van der Waals surface area contributed by atoms with E-state index >= 15 is 0 Å². The average Bonchev–Trinajstić information content (AvgIpc) is 2.76. The van der Waals surface area contributed by atoms with Crippen molar-refractivity contribution in [2.45, 2.75) is 25.3 Å². The second-order valence-electron chi connectivity index (χ2n) is 4.68. The van der Waals surface area contributed by atoms with Crippen LogP contribution in [0.25, 0.3) is 0 Å². The molecule has 0 aromatic heterocycles. The van der Waals surface area contributed by atoms with Gasteiger partial charge in [0.2, 0.25) is 0 Å². The van der Waals surface area contributed by atoms with E-state index in [1.165, 1.54) is 0 Å². The lowest BCUT2D eigenvalue weighted by Crippen LogP contribution is -2.38. The van der Waals surface area contributed by atoms with Crippen LogP contribution in [-0.2, 0) is 4.74 Å². The molecule has 5 heteroatoms. The lowest BCUT2D eigenvalue weighted by molar-refractivity contribution is 0.0412. The van der Waals surface area contributed by atoms with Crippen LogP contribution in [0.4, 0.5) is 4.79 Å². The standard InChI is InChI=1S/C11H20N2O3/c14-11(15)12-7-9-1-4-13(8-9)10-2-5-16-6-3-10/h9-10,12H,1-8H2,(H,14,15). The Morgan fingerprint density at radius 3 is 2.81 bits per heavy atom. The summed E-state index contributed by atoms with van der Waals surface area (Å²) in [7, 11) is 0. The maximum atomic E-state index is 10.4. The van der Waals surface area contributed by atoms with E-state index in [0.717, 1.165) is 45.6 Å². The Balaban J connectivity index is 1.72. The Morgan fingerprint density at radius 2 is 2.12 bits per heavy atom. The summed E-state index contributed by atoms with van der Waals surface area (Å²) >= 11 is 0. The zero-order valence-corrected chi connectivity index (χ0v) is 9.52. The van der Waals surface area contributed by atoms with E-state index in [-0.39, 0.29) is 0 Å². The van der Waals surface area contributed by atoms with Gasteiger partial charge in [0.05, 0.1) is 0 Å². The Kier molecular flexibility index (Phi) is 4.01. The van der Waals surface area contributed by atoms with Gasteiger partial charge in [-0.05, 0) is 31.7 Å². The van der Waals surface area contributed by atoms with Crippen LogP contribution < -0.4 is 5.32 Å². The lowest BCUT2D eigenvalue weighted by Gasteiger charge is -2.31. The molecule has 5 nitrogen and oxygen atoms in total. The van der Waals surface area contributed by atoms with Crippen LogP contribution in [-0.4, -0.2) is 55.0 Å². The van der Waals surface area contributed by atoms with Crippen molar-refractivity contribution >= 4 is 6.09 Å². The molecule has 92 valence electrons. The normalized spacial score (nSPS) is 28.1. The molecule has 0 bridgehead atoms. The van der Waals surface area contributed by atoms with Gasteiger partial charge in [-0.3, -0.25) is 4.90 Å². The second-order valence-corrected chi connectivity index (χ2v) is 4.68. The van der Waals surface area contributed by atoms with Gasteiger partial charge in [-0.25, -0.2) is 4.79 Å². The summed E-state index contributed by atoms with van der Waals surface area (Å²) < 4.78 is 5.35. The van der Waals surface area contributed by atoms with Gasteiger partial charge >= 0.3 is 6.09 Å². The summed E-state index contributed by atoms with van der Waals surface area (Å²) in [5.74, 6) is 0.485. The molecule has 0 aliphatic carbocycles. The molecule has 0 aromatic carbocycles. The minimum Gasteiger partial charge on any atom is -0.465 e. The highest BCUT2D eigenvalue weighted by atomic mass is 16.5. The molecule has 2 heterocycles. The molecule has 1 atom stereocenters. The molecule has 1 unspecified atom stereocenters. The van der Waals surface area contributed by atoms with E-state index in [1.807, 2.05) is 0 Å². The summed E-state index contributed by atoms with van der Waals surface area (Å²) in [5, 5.41) is 11.0. The quantitative estimate of drug-likeness (QED) is 0.748. The first-order chi connectivity index (χ1) is 7.75. The number of nitrogens with one attached hydrogen (secondary N) is 1. The first kappa shape index (κ1) is 11.7. The van der Waals surface area contributed by atoms with E-state index in [2.05, 4.69) is 10.2 Å². The Hall–Kier alpha value is -0.810. The molecule has 2 aliphatic heterocycles. The van der Waals surface area contributed by atoms with E-state index in [9.17, 15) is 4.79 Å². The van der Waals surface area contributed by atoms with Crippen molar-refractivity contribution < 1.29 is 14.6 Å². The van der Waals surface area contributed by atoms with E-state index in [1.54, 1.807) is 0 Å². The number of carboxylic acid groups (broad SMARTS) is 1. The average molecular weight is 228 g/mol. The van der Waals surface area contributed by atoms with Gasteiger partial charge in [0.1, 0.15) is 0 Å². The first-order valence-electron chi connectivity index (χ1n) is 6.04. The molecule has 0 saturated carbocycles. The van der Waals surface area contributed by atoms with Gasteiger partial charge in [0.15, 0.2) is 0 Å². The van der Waals surface area contributed by atoms with Gasteiger partial charge in [0.25, 0.3) is 0 Å². The Morgan fingerprint density at radius 1 is 1.38 bits per heavy atom. The molecular formula is C11H20N2O3. The van der Waals surface area contributed by atoms with Crippen molar-refractivity contribution in [1.29, 1.82) is 0 Å². The van der Waals surface area contributed by atoms with Crippen molar-refractivity contribution in [3.63, 3.8) is 0 Å². The van der Waals surface area contributed by atoms with Crippen molar-refractivity contribution in [1.82, 2.24) is 10.2 Å². The van der Waals surface area contributed by atoms with Gasteiger partial charge in [-0.2, -0.15) is 0 Å². The van der Waals surface area contributed by atoms with E-state index < -0.39 is 6.09 Å². The van der Waals surface area contributed by atoms with Crippen LogP contribution in [0.15, 0.2) is 0 Å². The largest absolute Gasteiger partial charge is 0.465 e. The molecule has 2 fully saturated rings. The van der Waals surface area contributed by atoms with Crippen molar-refractivity contribution in [3.05, 3.63) is 0 Å². The van der Waals surface area contributed by atoms with Crippen molar-refractivity contribution in [2.24, 2.45) is 5.92 Å². The predicted octanol–water partition coefficient (Wildman–Crippen LogP) is 0.755. The number of hydrogen-bond acceptors (Lipinski definition) is 3. The highest BCUT2D eigenvalue weighted by molar-refractivity contribution is 5.64. The fourth-order valence-corrected chi connectivity index (χ4v) is 2.64. The van der Waals surface area contributed by atoms with E-state index in [4.69, 9.17) is 9.84 Å². The summed E-state index contributed by atoms with van der Waals surface area (Å²) in [5.41, 5.74) is 0. The third-order valence-electron chi connectivity index (χ3n) is 3.57. The zero-order valence-electron chi connectivity index (χ0n) is 9.52. The van der Waals surface area contributed by atoms with Crippen LogP contribution in [0.1, 0.15) is 19.3 Å². The van der Waals surface area contributed by atoms with Crippen molar-refractivity contribution in [2.75, 3.05) is 32.8 Å².